The number of ether oxygens (including phenoxy) is 1. The number of nitrogens with zero attached hydrogens (tertiary/aromatic N) is 1. The molecular formula is C11H22N2O2. The Bertz CT molecular complexity index is 195. The van der Waals surface area contributed by atoms with Crippen LogP contribution >= 0.6 is 0 Å². The minimum Gasteiger partial charge on any atom is -0.389 e. The lowest BCUT2D eigenvalue weighted by Crippen LogP contribution is -2.42. The minimum absolute atomic E-state index is 0.0323. The van der Waals surface area contributed by atoms with Gasteiger partial charge in [-0.3, -0.25) is 4.90 Å². The normalized spacial score (nSPS) is 34.8. The molecule has 2 rings (SSSR count). The molecule has 88 valence electrons. The lowest BCUT2D eigenvalue weighted by Gasteiger charge is -2.31. The van der Waals surface area contributed by atoms with Crippen LogP contribution in [0.5, 0.6) is 0 Å². The SMILES string of the molecule is CCO[C@H]1CN(C2CCNCC2)C[C@H]1O. The van der Waals surface area contributed by atoms with Gasteiger partial charge in [0.2, 0.25) is 0 Å². The first-order valence-electron chi connectivity index (χ1n) is 6.05. The molecule has 2 N–H and O–H groups in total. The van der Waals surface area contributed by atoms with Gasteiger partial charge in [-0.05, 0) is 32.9 Å². The fourth-order valence-corrected chi connectivity index (χ4v) is 2.63. The molecule has 0 aromatic rings. The maximum atomic E-state index is 9.84. The minimum atomic E-state index is -0.292. The molecule has 0 aromatic heterocycles. The molecule has 0 unspecified atom stereocenters. The molecule has 0 radical (unpaired) electrons. The molecule has 2 fully saturated rings. The van der Waals surface area contributed by atoms with E-state index in [1.165, 1.54) is 12.8 Å². The number of piperidine rings is 1. The first-order valence-corrected chi connectivity index (χ1v) is 6.05. The maximum absolute atomic E-state index is 9.84. The quantitative estimate of drug-likeness (QED) is 0.684. The molecule has 0 aliphatic carbocycles. The van der Waals surface area contributed by atoms with Crippen molar-refractivity contribution in [2.75, 3.05) is 32.8 Å². The molecule has 15 heavy (non-hydrogen) atoms. The van der Waals surface area contributed by atoms with E-state index in [1.807, 2.05) is 6.92 Å². The van der Waals surface area contributed by atoms with Crippen molar-refractivity contribution in [2.24, 2.45) is 0 Å². The lowest BCUT2D eigenvalue weighted by atomic mass is 10.1. The Morgan fingerprint density at radius 2 is 2.07 bits per heavy atom. The van der Waals surface area contributed by atoms with Crippen LogP contribution in [0.3, 0.4) is 0 Å². The van der Waals surface area contributed by atoms with E-state index in [-0.39, 0.29) is 12.2 Å². The van der Waals surface area contributed by atoms with Crippen LogP contribution in [0.15, 0.2) is 0 Å². The van der Waals surface area contributed by atoms with E-state index in [2.05, 4.69) is 10.2 Å². The van der Waals surface area contributed by atoms with Gasteiger partial charge in [-0.1, -0.05) is 0 Å². The zero-order valence-corrected chi connectivity index (χ0v) is 9.48. The molecule has 2 heterocycles. The largest absolute Gasteiger partial charge is 0.389 e. The monoisotopic (exact) mass is 214 g/mol. The highest BCUT2D eigenvalue weighted by Gasteiger charge is 2.35. The van der Waals surface area contributed by atoms with Crippen LogP contribution in [0.25, 0.3) is 0 Å². The fourth-order valence-electron chi connectivity index (χ4n) is 2.63. The molecule has 2 aliphatic rings. The van der Waals surface area contributed by atoms with E-state index in [9.17, 15) is 5.11 Å². The molecule has 4 nitrogen and oxygen atoms in total. The number of rotatable bonds is 3. The van der Waals surface area contributed by atoms with Crippen LogP contribution in [0.2, 0.25) is 0 Å². The molecular weight excluding hydrogens is 192 g/mol. The fraction of sp³-hybridized carbons (Fsp3) is 1.00. The number of aliphatic hydroxyl groups is 1. The topological polar surface area (TPSA) is 44.7 Å². The molecule has 2 aliphatic heterocycles. The van der Waals surface area contributed by atoms with E-state index in [0.29, 0.717) is 12.6 Å². The molecule has 0 aromatic carbocycles. The van der Waals surface area contributed by atoms with Crippen LogP contribution in [0.4, 0.5) is 0 Å². The van der Waals surface area contributed by atoms with Gasteiger partial charge in [-0.2, -0.15) is 0 Å². The second-order valence-corrected chi connectivity index (χ2v) is 4.50. The average Bonchev–Trinajstić information content (AvgIpc) is 2.63. The number of β-amino-alcohol motifs (C(OH)–C–C–N with tert-alkyl or cyclic N) is 1. The summed E-state index contributed by atoms with van der Waals surface area (Å²) >= 11 is 0. The summed E-state index contributed by atoms with van der Waals surface area (Å²) in [6, 6.07) is 0.645. The van der Waals surface area contributed by atoms with Gasteiger partial charge in [-0.25, -0.2) is 0 Å². The van der Waals surface area contributed by atoms with Crippen molar-refractivity contribution in [3.05, 3.63) is 0 Å². The Morgan fingerprint density at radius 3 is 2.73 bits per heavy atom. The van der Waals surface area contributed by atoms with Crippen molar-refractivity contribution in [1.82, 2.24) is 10.2 Å². The number of aliphatic hydroxyl groups excluding tert-OH is 1. The summed E-state index contributed by atoms with van der Waals surface area (Å²) in [4.78, 5) is 2.39. The summed E-state index contributed by atoms with van der Waals surface area (Å²) in [6.07, 6.45) is 2.14. The Kier molecular flexibility index (Phi) is 3.97. The van der Waals surface area contributed by atoms with Crippen molar-refractivity contribution in [3.63, 3.8) is 0 Å². The predicted molar refractivity (Wildman–Crippen MR) is 58.9 cm³/mol. The second-order valence-electron chi connectivity index (χ2n) is 4.50. The highest BCUT2D eigenvalue weighted by molar-refractivity contribution is 4.90. The van der Waals surface area contributed by atoms with Gasteiger partial charge in [0, 0.05) is 25.7 Å². The predicted octanol–water partition coefficient (Wildman–Crippen LogP) is -0.180. The molecule has 0 saturated carbocycles. The maximum Gasteiger partial charge on any atom is 0.0972 e. The third kappa shape index (κ3) is 2.69. The summed E-state index contributed by atoms with van der Waals surface area (Å²) in [5.74, 6) is 0. The third-order valence-corrected chi connectivity index (χ3v) is 3.47. The summed E-state index contributed by atoms with van der Waals surface area (Å²) < 4.78 is 5.53. The van der Waals surface area contributed by atoms with Gasteiger partial charge in [0.15, 0.2) is 0 Å². The molecule has 2 saturated heterocycles. The van der Waals surface area contributed by atoms with Crippen LogP contribution in [0, 0.1) is 0 Å². The van der Waals surface area contributed by atoms with Crippen molar-refractivity contribution in [1.29, 1.82) is 0 Å². The third-order valence-electron chi connectivity index (χ3n) is 3.47. The standard InChI is InChI=1S/C11H22N2O2/c1-2-15-11-8-13(7-10(11)14)9-3-5-12-6-4-9/h9-12,14H,2-8H2,1H3/t10-,11+/m1/s1. The van der Waals surface area contributed by atoms with Crippen LogP contribution in [0.1, 0.15) is 19.8 Å². The van der Waals surface area contributed by atoms with Gasteiger partial charge >= 0.3 is 0 Å². The highest BCUT2D eigenvalue weighted by Crippen LogP contribution is 2.20. The Morgan fingerprint density at radius 1 is 1.33 bits per heavy atom. The van der Waals surface area contributed by atoms with E-state index in [0.717, 1.165) is 26.2 Å². The van der Waals surface area contributed by atoms with Crippen LogP contribution in [-0.4, -0.2) is 61.0 Å². The molecule has 0 spiro atoms. The second kappa shape index (κ2) is 5.25. The molecule has 4 heteroatoms. The van der Waals surface area contributed by atoms with Gasteiger partial charge < -0.3 is 15.2 Å². The molecule has 0 amide bonds. The summed E-state index contributed by atoms with van der Waals surface area (Å²) in [5.41, 5.74) is 0. The van der Waals surface area contributed by atoms with Crippen LogP contribution in [-0.2, 0) is 4.74 Å². The van der Waals surface area contributed by atoms with Crippen molar-refractivity contribution in [2.45, 2.75) is 38.0 Å². The summed E-state index contributed by atoms with van der Waals surface area (Å²) in [5, 5.41) is 13.2. The smallest absolute Gasteiger partial charge is 0.0972 e. The molecule has 2 atom stereocenters. The van der Waals surface area contributed by atoms with Gasteiger partial charge in [0.1, 0.15) is 0 Å². The number of hydrogen-bond acceptors (Lipinski definition) is 4. The van der Waals surface area contributed by atoms with Gasteiger partial charge in [0.25, 0.3) is 0 Å². The average molecular weight is 214 g/mol. The van der Waals surface area contributed by atoms with E-state index in [4.69, 9.17) is 4.74 Å². The Labute approximate surface area is 91.6 Å². The Hall–Kier alpha value is -0.160. The van der Waals surface area contributed by atoms with Gasteiger partial charge in [-0.15, -0.1) is 0 Å². The first-order chi connectivity index (χ1) is 7.31. The van der Waals surface area contributed by atoms with Crippen molar-refractivity contribution >= 4 is 0 Å². The van der Waals surface area contributed by atoms with E-state index < -0.39 is 0 Å². The summed E-state index contributed by atoms with van der Waals surface area (Å²) in [7, 11) is 0. The Balaban J connectivity index is 1.84. The molecule has 0 bridgehead atoms. The lowest BCUT2D eigenvalue weighted by molar-refractivity contribution is -0.00268. The van der Waals surface area contributed by atoms with Crippen LogP contribution < -0.4 is 5.32 Å². The number of likely N-dealkylation sites (tertiary alicyclic amines) is 1. The first kappa shape index (κ1) is 11.3. The zero-order valence-electron chi connectivity index (χ0n) is 9.48. The van der Waals surface area contributed by atoms with E-state index in [1.54, 1.807) is 0 Å². The number of hydrogen-bond donors (Lipinski definition) is 2. The number of nitrogens with one attached hydrogen (secondary N) is 1. The van der Waals surface area contributed by atoms with Crippen molar-refractivity contribution in [3.8, 4) is 0 Å². The van der Waals surface area contributed by atoms with Crippen molar-refractivity contribution < 1.29 is 9.84 Å². The van der Waals surface area contributed by atoms with Gasteiger partial charge in [0.05, 0.1) is 12.2 Å². The van der Waals surface area contributed by atoms with E-state index >= 15 is 0 Å². The summed E-state index contributed by atoms with van der Waals surface area (Å²) in [6.45, 7) is 6.59. The zero-order chi connectivity index (χ0) is 10.7. The highest BCUT2D eigenvalue weighted by atomic mass is 16.5.